The molecule has 0 atom stereocenters. The molecule has 0 bridgehead atoms. The van der Waals surface area contributed by atoms with Crippen molar-refractivity contribution < 1.29 is 13.6 Å². The van der Waals surface area contributed by atoms with E-state index in [1.54, 1.807) is 13.2 Å². The summed E-state index contributed by atoms with van der Waals surface area (Å²) < 4.78 is 28.1. The Labute approximate surface area is 114 Å². The van der Waals surface area contributed by atoms with Gasteiger partial charge in [-0.2, -0.15) is 5.10 Å². The van der Waals surface area contributed by atoms with Crippen molar-refractivity contribution >= 4 is 17.3 Å². The van der Waals surface area contributed by atoms with Crippen LogP contribution < -0.4 is 11.1 Å². The summed E-state index contributed by atoms with van der Waals surface area (Å²) in [6.45, 7) is 1.86. The van der Waals surface area contributed by atoms with Gasteiger partial charge in [0.25, 0.3) is 5.91 Å². The molecule has 0 aliphatic heterocycles. The van der Waals surface area contributed by atoms with E-state index in [4.69, 9.17) is 5.73 Å². The first-order valence-corrected chi connectivity index (χ1v) is 6.00. The largest absolute Gasteiger partial charge is 0.396 e. The molecule has 0 aliphatic rings. The molecule has 5 nitrogen and oxygen atoms in total. The van der Waals surface area contributed by atoms with Crippen molar-refractivity contribution in [1.82, 2.24) is 9.78 Å². The Hall–Kier alpha value is -2.44. The third-order valence-corrected chi connectivity index (χ3v) is 2.82. The Morgan fingerprint density at radius 3 is 2.75 bits per heavy atom. The number of amides is 1. The van der Waals surface area contributed by atoms with E-state index in [1.807, 2.05) is 6.92 Å². The standard InChI is InChI=1S/C13H14F2N4O/c1-3-11-7(6-19(2)18-11)13(20)17-12-5-10(16)8(14)4-9(12)15/h4-6H,3,16H2,1-2H3,(H,17,20). The summed E-state index contributed by atoms with van der Waals surface area (Å²) in [5.41, 5.74) is 5.90. The number of anilines is 2. The van der Waals surface area contributed by atoms with Gasteiger partial charge in [-0.1, -0.05) is 6.92 Å². The summed E-state index contributed by atoms with van der Waals surface area (Å²) in [6, 6.07) is 1.68. The van der Waals surface area contributed by atoms with Gasteiger partial charge in [0.1, 0.15) is 11.6 Å². The highest BCUT2D eigenvalue weighted by atomic mass is 19.1. The Morgan fingerprint density at radius 1 is 1.40 bits per heavy atom. The molecule has 0 spiro atoms. The van der Waals surface area contributed by atoms with Crippen LogP contribution in [0.1, 0.15) is 23.0 Å². The van der Waals surface area contributed by atoms with Crippen molar-refractivity contribution in [1.29, 1.82) is 0 Å². The van der Waals surface area contributed by atoms with E-state index in [1.165, 1.54) is 4.68 Å². The fraction of sp³-hybridized carbons (Fsp3) is 0.231. The van der Waals surface area contributed by atoms with Crippen molar-refractivity contribution in [2.75, 3.05) is 11.1 Å². The number of hydrogen-bond donors (Lipinski definition) is 2. The maximum Gasteiger partial charge on any atom is 0.259 e. The molecule has 2 aromatic rings. The summed E-state index contributed by atoms with van der Waals surface area (Å²) in [6.07, 6.45) is 2.11. The maximum absolute atomic E-state index is 13.6. The monoisotopic (exact) mass is 280 g/mol. The fourth-order valence-electron chi connectivity index (χ4n) is 1.84. The molecule has 7 heteroatoms. The lowest BCUT2D eigenvalue weighted by Gasteiger charge is -2.07. The third kappa shape index (κ3) is 2.61. The number of nitrogens with zero attached hydrogens (tertiary/aromatic N) is 2. The van der Waals surface area contributed by atoms with Gasteiger partial charge >= 0.3 is 0 Å². The molecule has 0 aliphatic carbocycles. The number of carbonyl (C=O) groups excluding carboxylic acids is 1. The van der Waals surface area contributed by atoms with Crippen LogP contribution in [0.2, 0.25) is 0 Å². The topological polar surface area (TPSA) is 72.9 Å². The minimum absolute atomic E-state index is 0.167. The minimum atomic E-state index is -0.882. The van der Waals surface area contributed by atoms with E-state index in [0.717, 1.165) is 6.07 Å². The Bertz CT molecular complexity index is 667. The number of aryl methyl sites for hydroxylation is 2. The quantitative estimate of drug-likeness (QED) is 0.846. The van der Waals surface area contributed by atoms with Gasteiger partial charge in [0.05, 0.1) is 22.6 Å². The molecule has 1 aromatic heterocycles. The van der Waals surface area contributed by atoms with Gasteiger partial charge in [0.15, 0.2) is 0 Å². The SMILES string of the molecule is CCc1nn(C)cc1C(=O)Nc1cc(N)c(F)cc1F. The van der Waals surface area contributed by atoms with Crippen LogP contribution in [0.3, 0.4) is 0 Å². The number of halogens is 2. The van der Waals surface area contributed by atoms with Crippen LogP contribution in [0.15, 0.2) is 18.3 Å². The second-order valence-electron chi connectivity index (χ2n) is 4.32. The van der Waals surface area contributed by atoms with Crippen LogP contribution in [0.25, 0.3) is 0 Å². The van der Waals surface area contributed by atoms with E-state index < -0.39 is 17.5 Å². The first-order valence-electron chi connectivity index (χ1n) is 6.00. The molecular formula is C13H14F2N4O. The summed E-state index contributed by atoms with van der Waals surface area (Å²) >= 11 is 0. The summed E-state index contributed by atoms with van der Waals surface area (Å²) in [5, 5.41) is 6.49. The van der Waals surface area contributed by atoms with Gasteiger partial charge in [-0.3, -0.25) is 9.48 Å². The predicted octanol–water partition coefficient (Wildman–Crippen LogP) is 2.10. The number of nitrogens with two attached hydrogens (primary N) is 1. The molecule has 0 fully saturated rings. The third-order valence-electron chi connectivity index (χ3n) is 2.82. The van der Waals surface area contributed by atoms with Crippen LogP contribution in [0.5, 0.6) is 0 Å². The molecule has 106 valence electrons. The van der Waals surface area contributed by atoms with Crippen LogP contribution in [0, 0.1) is 11.6 Å². The van der Waals surface area contributed by atoms with Crippen molar-refractivity contribution in [2.45, 2.75) is 13.3 Å². The lowest BCUT2D eigenvalue weighted by atomic mass is 10.2. The molecule has 20 heavy (non-hydrogen) atoms. The normalized spacial score (nSPS) is 10.6. The highest BCUT2D eigenvalue weighted by molar-refractivity contribution is 6.05. The number of rotatable bonds is 3. The molecule has 2 rings (SSSR count). The van der Waals surface area contributed by atoms with Crippen molar-refractivity contribution in [2.24, 2.45) is 7.05 Å². The van der Waals surface area contributed by atoms with Gasteiger partial charge < -0.3 is 11.1 Å². The maximum atomic E-state index is 13.6. The summed E-state index contributed by atoms with van der Waals surface area (Å²) in [4.78, 5) is 12.1. The average Bonchev–Trinajstić information content (AvgIpc) is 2.77. The Balaban J connectivity index is 2.30. The Kier molecular flexibility index (Phi) is 3.69. The van der Waals surface area contributed by atoms with Crippen LogP contribution in [0.4, 0.5) is 20.2 Å². The second-order valence-corrected chi connectivity index (χ2v) is 4.32. The lowest BCUT2D eigenvalue weighted by molar-refractivity contribution is 0.102. The molecule has 0 radical (unpaired) electrons. The number of carbonyl (C=O) groups is 1. The van der Waals surface area contributed by atoms with E-state index in [0.29, 0.717) is 23.7 Å². The van der Waals surface area contributed by atoms with E-state index in [2.05, 4.69) is 10.4 Å². The molecule has 0 unspecified atom stereocenters. The van der Waals surface area contributed by atoms with Gasteiger partial charge in [-0.05, 0) is 12.5 Å². The molecule has 1 heterocycles. The Morgan fingerprint density at radius 2 is 2.10 bits per heavy atom. The van der Waals surface area contributed by atoms with Crippen molar-refractivity contribution in [3.05, 3.63) is 41.2 Å². The zero-order valence-electron chi connectivity index (χ0n) is 11.1. The van der Waals surface area contributed by atoms with Crippen LogP contribution >= 0.6 is 0 Å². The minimum Gasteiger partial charge on any atom is -0.396 e. The smallest absolute Gasteiger partial charge is 0.259 e. The molecule has 1 amide bonds. The van der Waals surface area contributed by atoms with Crippen molar-refractivity contribution in [3.8, 4) is 0 Å². The number of nitrogens with one attached hydrogen (secondary N) is 1. The fourth-order valence-corrected chi connectivity index (χ4v) is 1.84. The zero-order chi connectivity index (χ0) is 14.9. The summed E-state index contributed by atoms with van der Waals surface area (Å²) in [7, 11) is 1.69. The highest BCUT2D eigenvalue weighted by Gasteiger charge is 2.17. The van der Waals surface area contributed by atoms with Gasteiger partial charge in [0.2, 0.25) is 0 Å². The first kappa shape index (κ1) is 14.0. The van der Waals surface area contributed by atoms with Crippen LogP contribution in [-0.4, -0.2) is 15.7 Å². The van der Waals surface area contributed by atoms with Gasteiger partial charge in [-0.25, -0.2) is 8.78 Å². The molecule has 3 N–H and O–H groups in total. The molecule has 0 saturated heterocycles. The van der Waals surface area contributed by atoms with E-state index in [9.17, 15) is 13.6 Å². The van der Waals surface area contributed by atoms with Gasteiger partial charge in [0, 0.05) is 19.3 Å². The number of nitrogen functional groups attached to an aromatic ring is 1. The lowest BCUT2D eigenvalue weighted by Crippen LogP contribution is -2.14. The second kappa shape index (κ2) is 5.28. The van der Waals surface area contributed by atoms with E-state index >= 15 is 0 Å². The number of benzene rings is 1. The summed E-state index contributed by atoms with van der Waals surface area (Å²) in [5.74, 6) is -2.26. The average molecular weight is 280 g/mol. The number of aromatic nitrogens is 2. The molecular weight excluding hydrogens is 266 g/mol. The first-order chi connectivity index (χ1) is 9.42. The zero-order valence-corrected chi connectivity index (χ0v) is 11.1. The van der Waals surface area contributed by atoms with Gasteiger partial charge in [-0.15, -0.1) is 0 Å². The van der Waals surface area contributed by atoms with Crippen LogP contribution in [-0.2, 0) is 13.5 Å². The van der Waals surface area contributed by atoms with Crippen molar-refractivity contribution in [3.63, 3.8) is 0 Å². The number of hydrogen-bond acceptors (Lipinski definition) is 3. The van der Waals surface area contributed by atoms with E-state index in [-0.39, 0.29) is 11.4 Å². The highest BCUT2D eigenvalue weighted by Crippen LogP contribution is 2.22. The molecule has 0 saturated carbocycles. The predicted molar refractivity (Wildman–Crippen MR) is 71.3 cm³/mol. The molecule has 1 aromatic carbocycles.